The van der Waals surface area contributed by atoms with Crippen molar-refractivity contribution in [1.29, 1.82) is 0 Å². The fourth-order valence-electron chi connectivity index (χ4n) is 4.78. The maximum atomic E-state index is 14.7. The summed E-state index contributed by atoms with van der Waals surface area (Å²) in [5.41, 5.74) is 6.77. The first-order valence-electron chi connectivity index (χ1n) is 11.8. The van der Waals surface area contributed by atoms with Crippen LogP contribution in [0.15, 0.2) is 48.7 Å². The summed E-state index contributed by atoms with van der Waals surface area (Å²) in [5.74, 6) is -0.269. The zero-order valence-electron chi connectivity index (χ0n) is 18.7. The van der Waals surface area contributed by atoms with Gasteiger partial charge in [0, 0.05) is 24.2 Å². The zero-order valence-corrected chi connectivity index (χ0v) is 18.7. The van der Waals surface area contributed by atoms with E-state index in [0.29, 0.717) is 37.4 Å². The minimum Gasteiger partial charge on any atom is -0.378 e. The number of rotatable bonds is 5. The molecule has 0 bridgehead atoms. The molecule has 2 aliphatic rings. The third-order valence-corrected chi connectivity index (χ3v) is 6.67. The van der Waals surface area contributed by atoms with Crippen molar-refractivity contribution in [2.24, 2.45) is 0 Å². The van der Waals surface area contributed by atoms with E-state index in [1.807, 2.05) is 30.5 Å². The van der Waals surface area contributed by atoms with Crippen molar-refractivity contribution in [3.63, 3.8) is 0 Å². The standard InChI is InChI=1S/C27H28FN3O2/c28-25-11-5-19(6-12-26-23-4-2-1-3-22(23)18-29-30-26)17-24(25)20-7-9-21(10-8-20)27(32)31-13-15-33-16-14-31/h5,7-11,17-18H,1-4,6,12-16H2. The number of amides is 1. The molecule has 33 heavy (non-hydrogen) atoms. The summed E-state index contributed by atoms with van der Waals surface area (Å²) in [6, 6.07) is 12.5. The first-order chi connectivity index (χ1) is 16.2. The highest BCUT2D eigenvalue weighted by atomic mass is 19.1. The fourth-order valence-corrected chi connectivity index (χ4v) is 4.78. The molecule has 1 aromatic heterocycles. The average Bonchev–Trinajstić information content (AvgIpc) is 2.88. The molecule has 0 atom stereocenters. The van der Waals surface area contributed by atoms with Crippen LogP contribution in [-0.4, -0.2) is 47.3 Å². The molecule has 1 amide bonds. The van der Waals surface area contributed by atoms with Crippen LogP contribution >= 0.6 is 0 Å². The molecule has 0 unspecified atom stereocenters. The quantitative estimate of drug-likeness (QED) is 0.584. The number of hydrogen-bond donors (Lipinski definition) is 0. The van der Waals surface area contributed by atoms with E-state index in [1.165, 1.54) is 30.0 Å². The molecule has 5 rings (SSSR count). The predicted molar refractivity (Wildman–Crippen MR) is 125 cm³/mol. The van der Waals surface area contributed by atoms with Crippen LogP contribution in [0.3, 0.4) is 0 Å². The number of halogens is 1. The Hall–Kier alpha value is -3.12. The second-order valence-corrected chi connectivity index (χ2v) is 8.80. The van der Waals surface area contributed by atoms with Crippen LogP contribution in [0, 0.1) is 5.82 Å². The Kier molecular flexibility index (Phi) is 6.44. The Morgan fingerprint density at radius 3 is 2.61 bits per heavy atom. The van der Waals surface area contributed by atoms with Gasteiger partial charge in [-0.05, 0) is 85.0 Å². The van der Waals surface area contributed by atoms with Crippen molar-refractivity contribution < 1.29 is 13.9 Å². The van der Waals surface area contributed by atoms with Gasteiger partial charge < -0.3 is 9.64 Å². The molecule has 2 aromatic carbocycles. The summed E-state index contributed by atoms with van der Waals surface area (Å²) < 4.78 is 20.0. The molecule has 1 aliphatic carbocycles. The first-order valence-corrected chi connectivity index (χ1v) is 11.8. The summed E-state index contributed by atoms with van der Waals surface area (Å²) in [5, 5.41) is 8.60. The summed E-state index contributed by atoms with van der Waals surface area (Å²) in [7, 11) is 0. The number of hydrogen-bond acceptors (Lipinski definition) is 4. The van der Waals surface area contributed by atoms with Gasteiger partial charge in [0.05, 0.1) is 25.1 Å². The summed E-state index contributed by atoms with van der Waals surface area (Å²) in [4.78, 5) is 14.5. The van der Waals surface area contributed by atoms with Crippen LogP contribution in [0.5, 0.6) is 0 Å². The van der Waals surface area contributed by atoms with E-state index in [2.05, 4.69) is 10.2 Å². The largest absolute Gasteiger partial charge is 0.378 e. The molecule has 170 valence electrons. The Bertz CT molecular complexity index is 1140. The third-order valence-electron chi connectivity index (χ3n) is 6.67. The number of nitrogens with zero attached hydrogens (tertiary/aromatic N) is 3. The number of ether oxygens (including phenoxy) is 1. The second-order valence-electron chi connectivity index (χ2n) is 8.80. The summed E-state index contributed by atoms with van der Waals surface area (Å²) in [6.45, 7) is 2.34. The Balaban J connectivity index is 1.31. The van der Waals surface area contributed by atoms with Gasteiger partial charge in [0.15, 0.2) is 0 Å². The van der Waals surface area contributed by atoms with Crippen LogP contribution in [0.4, 0.5) is 4.39 Å². The van der Waals surface area contributed by atoms with Crippen LogP contribution in [0.1, 0.15) is 45.6 Å². The SMILES string of the molecule is O=C(c1ccc(-c2cc(CCc3nncc4c3CCCC4)ccc2F)cc1)N1CCOCC1. The van der Waals surface area contributed by atoms with Crippen LogP contribution in [-0.2, 0) is 30.4 Å². The smallest absolute Gasteiger partial charge is 0.254 e. The van der Waals surface area contributed by atoms with Crippen molar-refractivity contribution >= 4 is 5.91 Å². The van der Waals surface area contributed by atoms with Gasteiger partial charge in [-0.2, -0.15) is 10.2 Å². The minimum atomic E-state index is -0.261. The lowest BCUT2D eigenvalue weighted by Gasteiger charge is -2.26. The number of carbonyl (C=O) groups is 1. The number of carbonyl (C=O) groups excluding carboxylic acids is 1. The molecule has 0 radical (unpaired) electrons. The lowest BCUT2D eigenvalue weighted by atomic mass is 9.90. The molecule has 1 fully saturated rings. The Morgan fingerprint density at radius 2 is 1.79 bits per heavy atom. The molecular weight excluding hydrogens is 417 g/mol. The summed E-state index contributed by atoms with van der Waals surface area (Å²) >= 11 is 0. The van der Waals surface area contributed by atoms with Gasteiger partial charge in [0.1, 0.15) is 5.82 Å². The van der Waals surface area contributed by atoms with Gasteiger partial charge in [-0.1, -0.05) is 18.2 Å². The molecule has 6 heteroatoms. The number of benzene rings is 2. The number of morpholine rings is 1. The van der Waals surface area contributed by atoms with E-state index in [0.717, 1.165) is 42.5 Å². The molecule has 2 heterocycles. The summed E-state index contributed by atoms with van der Waals surface area (Å²) in [6.07, 6.45) is 8.07. The maximum absolute atomic E-state index is 14.7. The minimum absolute atomic E-state index is 0.00799. The topological polar surface area (TPSA) is 55.3 Å². The normalized spacial score (nSPS) is 15.8. The highest BCUT2D eigenvalue weighted by molar-refractivity contribution is 5.94. The van der Waals surface area contributed by atoms with E-state index in [4.69, 9.17) is 4.74 Å². The van der Waals surface area contributed by atoms with E-state index in [-0.39, 0.29) is 11.7 Å². The molecule has 5 nitrogen and oxygen atoms in total. The fraction of sp³-hybridized carbons (Fsp3) is 0.370. The van der Waals surface area contributed by atoms with Gasteiger partial charge in [-0.25, -0.2) is 4.39 Å². The van der Waals surface area contributed by atoms with Crippen LogP contribution < -0.4 is 0 Å². The predicted octanol–water partition coefficient (Wildman–Crippen LogP) is 4.42. The molecule has 1 saturated heterocycles. The molecular formula is C27H28FN3O2. The molecule has 0 spiro atoms. The Labute approximate surface area is 193 Å². The Morgan fingerprint density at radius 1 is 1.00 bits per heavy atom. The molecule has 3 aromatic rings. The van der Waals surface area contributed by atoms with Crippen molar-refractivity contribution in [1.82, 2.24) is 15.1 Å². The number of aryl methyl sites for hydroxylation is 3. The molecule has 0 saturated carbocycles. The lowest BCUT2D eigenvalue weighted by molar-refractivity contribution is 0.0303. The van der Waals surface area contributed by atoms with E-state index >= 15 is 0 Å². The number of fused-ring (bicyclic) bond motifs is 1. The van der Waals surface area contributed by atoms with E-state index < -0.39 is 0 Å². The molecule has 1 aliphatic heterocycles. The highest BCUT2D eigenvalue weighted by Crippen LogP contribution is 2.27. The van der Waals surface area contributed by atoms with Crippen molar-refractivity contribution in [2.75, 3.05) is 26.3 Å². The van der Waals surface area contributed by atoms with Crippen molar-refractivity contribution in [3.8, 4) is 11.1 Å². The third kappa shape index (κ3) is 4.81. The van der Waals surface area contributed by atoms with Crippen LogP contribution in [0.2, 0.25) is 0 Å². The van der Waals surface area contributed by atoms with Crippen molar-refractivity contribution in [3.05, 3.63) is 82.4 Å². The van der Waals surface area contributed by atoms with Gasteiger partial charge in [0.2, 0.25) is 0 Å². The van der Waals surface area contributed by atoms with Gasteiger partial charge in [-0.15, -0.1) is 0 Å². The van der Waals surface area contributed by atoms with Crippen LogP contribution in [0.25, 0.3) is 11.1 Å². The molecule has 0 N–H and O–H groups in total. The lowest BCUT2D eigenvalue weighted by Crippen LogP contribution is -2.40. The van der Waals surface area contributed by atoms with E-state index in [9.17, 15) is 9.18 Å². The second kappa shape index (κ2) is 9.79. The highest BCUT2D eigenvalue weighted by Gasteiger charge is 2.19. The zero-order chi connectivity index (χ0) is 22.6. The number of aromatic nitrogens is 2. The van der Waals surface area contributed by atoms with E-state index in [1.54, 1.807) is 17.0 Å². The monoisotopic (exact) mass is 445 g/mol. The first kappa shape index (κ1) is 21.7. The van der Waals surface area contributed by atoms with Gasteiger partial charge in [0.25, 0.3) is 5.91 Å². The van der Waals surface area contributed by atoms with Gasteiger partial charge in [-0.3, -0.25) is 4.79 Å². The maximum Gasteiger partial charge on any atom is 0.254 e. The van der Waals surface area contributed by atoms with Crippen molar-refractivity contribution in [2.45, 2.75) is 38.5 Å². The average molecular weight is 446 g/mol. The van der Waals surface area contributed by atoms with Gasteiger partial charge >= 0.3 is 0 Å².